The van der Waals surface area contributed by atoms with Gasteiger partial charge in [0.15, 0.2) is 0 Å². The van der Waals surface area contributed by atoms with Crippen molar-refractivity contribution in [3.05, 3.63) is 30.1 Å². The Bertz CT molecular complexity index is 659. The summed E-state index contributed by atoms with van der Waals surface area (Å²) in [6.07, 6.45) is 0. The van der Waals surface area contributed by atoms with Gasteiger partial charge in [-0.05, 0) is 32.0 Å². The molecule has 0 spiro atoms. The van der Waals surface area contributed by atoms with Gasteiger partial charge in [0.2, 0.25) is 5.91 Å². The number of benzene rings is 1. The minimum absolute atomic E-state index is 0.191. The summed E-state index contributed by atoms with van der Waals surface area (Å²) in [5.74, 6) is -3.25. The van der Waals surface area contributed by atoms with Gasteiger partial charge in [-0.15, -0.1) is 0 Å². The highest BCUT2D eigenvalue weighted by Crippen LogP contribution is 2.15. The summed E-state index contributed by atoms with van der Waals surface area (Å²) in [6.45, 7) is 2.56. The first kappa shape index (κ1) is 15.6. The zero-order valence-corrected chi connectivity index (χ0v) is 12.0. The lowest BCUT2D eigenvalue weighted by molar-refractivity contribution is -0.144. The molecule has 116 valence electrons. The van der Waals surface area contributed by atoms with E-state index >= 15 is 0 Å². The molecule has 0 saturated carbocycles. The summed E-state index contributed by atoms with van der Waals surface area (Å²) in [5, 5.41) is 2.35. The number of hydrogen-bond acceptors (Lipinski definition) is 4. The Morgan fingerprint density at radius 1 is 1.23 bits per heavy atom. The number of hydrogen-bond donors (Lipinski definition) is 1. The van der Waals surface area contributed by atoms with Crippen LogP contribution in [0.5, 0.6) is 0 Å². The lowest BCUT2D eigenvalue weighted by Gasteiger charge is -2.18. The smallest absolute Gasteiger partial charge is 0.324 e. The molecule has 7 nitrogen and oxygen atoms in total. The summed E-state index contributed by atoms with van der Waals surface area (Å²) in [6, 6.07) is 3.85. The van der Waals surface area contributed by atoms with Gasteiger partial charge >= 0.3 is 17.8 Å². The number of carbonyl (C=O) groups excluding carboxylic acids is 4. The van der Waals surface area contributed by atoms with Crippen LogP contribution in [0.3, 0.4) is 0 Å². The number of urea groups is 1. The Kier molecular flexibility index (Phi) is 4.20. The van der Waals surface area contributed by atoms with Crippen LogP contribution in [0.1, 0.15) is 13.8 Å². The van der Waals surface area contributed by atoms with Crippen LogP contribution < -0.4 is 5.32 Å². The quantitative estimate of drug-likeness (QED) is 0.663. The molecule has 0 unspecified atom stereocenters. The van der Waals surface area contributed by atoms with E-state index in [0.29, 0.717) is 4.90 Å². The third-order valence-corrected chi connectivity index (χ3v) is 3.01. The molecule has 8 heteroatoms. The predicted molar refractivity (Wildman–Crippen MR) is 74.1 cm³/mol. The van der Waals surface area contributed by atoms with E-state index in [-0.39, 0.29) is 5.69 Å². The Hall–Kier alpha value is -2.77. The van der Waals surface area contributed by atoms with Gasteiger partial charge in [-0.1, -0.05) is 6.07 Å². The maximum Gasteiger partial charge on any atom is 0.334 e. The van der Waals surface area contributed by atoms with E-state index in [1.54, 1.807) is 13.8 Å². The SMILES string of the molecule is CC(C)N1C(=O)C(=O)N(CC(=O)Nc2cccc(F)c2)C1=O. The van der Waals surface area contributed by atoms with Crippen LogP contribution in [0.4, 0.5) is 14.9 Å². The predicted octanol–water partition coefficient (Wildman–Crippen LogP) is 0.963. The van der Waals surface area contributed by atoms with E-state index in [1.807, 2.05) is 0 Å². The number of anilines is 1. The highest BCUT2D eigenvalue weighted by Gasteiger charge is 2.46. The lowest BCUT2D eigenvalue weighted by atomic mass is 10.3. The molecular formula is C14H14FN3O4. The minimum atomic E-state index is -1.05. The van der Waals surface area contributed by atoms with Crippen LogP contribution in [-0.2, 0) is 14.4 Å². The molecule has 1 fully saturated rings. The first-order valence-electron chi connectivity index (χ1n) is 6.55. The zero-order valence-electron chi connectivity index (χ0n) is 12.0. The number of rotatable bonds is 4. The molecule has 0 aliphatic carbocycles. The average Bonchev–Trinajstić information content (AvgIpc) is 2.62. The first-order valence-corrected chi connectivity index (χ1v) is 6.55. The Labute approximate surface area is 125 Å². The number of imide groups is 2. The number of nitrogens with one attached hydrogen (secondary N) is 1. The van der Waals surface area contributed by atoms with Crippen molar-refractivity contribution >= 4 is 29.4 Å². The molecule has 2 rings (SSSR count). The van der Waals surface area contributed by atoms with Gasteiger partial charge in [-0.2, -0.15) is 0 Å². The molecule has 22 heavy (non-hydrogen) atoms. The van der Waals surface area contributed by atoms with Crippen molar-refractivity contribution in [1.82, 2.24) is 9.80 Å². The van der Waals surface area contributed by atoms with Gasteiger partial charge in [-0.25, -0.2) is 14.1 Å². The molecule has 0 radical (unpaired) electrons. The Morgan fingerprint density at radius 2 is 1.91 bits per heavy atom. The van der Waals surface area contributed by atoms with E-state index in [1.165, 1.54) is 18.2 Å². The maximum atomic E-state index is 13.0. The standard InChI is InChI=1S/C14H14FN3O4/c1-8(2)18-13(21)12(20)17(14(18)22)7-11(19)16-10-5-3-4-9(15)6-10/h3-6,8H,7H2,1-2H3,(H,16,19). The maximum absolute atomic E-state index is 13.0. The van der Waals surface area contributed by atoms with Gasteiger partial charge in [0.1, 0.15) is 12.4 Å². The molecular weight excluding hydrogens is 293 g/mol. The molecule has 5 amide bonds. The van der Waals surface area contributed by atoms with Crippen LogP contribution in [0.2, 0.25) is 0 Å². The van der Waals surface area contributed by atoms with Crippen molar-refractivity contribution in [3.8, 4) is 0 Å². The highest BCUT2D eigenvalue weighted by molar-refractivity contribution is 6.45. The number of amides is 5. The molecule has 0 atom stereocenters. The summed E-state index contributed by atoms with van der Waals surface area (Å²) < 4.78 is 13.0. The third kappa shape index (κ3) is 2.95. The van der Waals surface area contributed by atoms with Gasteiger partial charge in [0.05, 0.1) is 0 Å². The summed E-state index contributed by atoms with van der Waals surface area (Å²) in [7, 11) is 0. The van der Waals surface area contributed by atoms with Crippen LogP contribution in [0.15, 0.2) is 24.3 Å². The lowest BCUT2D eigenvalue weighted by Crippen LogP contribution is -2.40. The number of carbonyl (C=O) groups is 4. The monoisotopic (exact) mass is 307 g/mol. The zero-order chi connectivity index (χ0) is 16.4. The number of nitrogens with zero attached hydrogens (tertiary/aromatic N) is 2. The van der Waals surface area contributed by atoms with Crippen molar-refractivity contribution in [3.63, 3.8) is 0 Å². The van der Waals surface area contributed by atoms with Gasteiger partial charge in [0.25, 0.3) is 0 Å². The number of halogens is 1. The van der Waals surface area contributed by atoms with E-state index in [4.69, 9.17) is 0 Å². The van der Waals surface area contributed by atoms with Gasteiger partial charge < -0.3 is 5.32 Å². The topological polar surface area (TPSA) is 86.8 Å². The van der Waals surface area contributed by atoms with Gasteiger partial charge in [-0.3, -0.25) is 19.3 Å². The molecule has 1 heterocycles. The van der Waals surface area contributed by atoms with Crippen molar-refractivity contribution in [2.75, 3.05) is 11.9 Å². The molecule has 1 aliphatic rings. The summed E-state index contributed by atoms with van der Waals surface area (Å²) in [4.78, 5) is 48.6. The molecule has 1 aromatic rings. The van der Waals surface area contributed by atoms with Crippen molar-refractivity contribution < 1.29 is 23.6 Å². The van der Waals surface area contributed by atoms with Crippen LogP contribution in [0, 0.1) is 5.82 Å². The average molecular weight is 307 g/mol. The second-order valence-corrected chi connectivity index (χ2v) is 5.00. The van der Waals surface area contributed by atoms with E-state index < -0.39 is 42.2 Å². The molecule has 1 aliphatic heterocycles. The molecule has 1 N–H and O–H groups in total. The van der Waals surface area contributed by atoms with Crippen LogP contribution in [-0.4, -0.2) is 46.1 Å². The van der Waals surface area contributed by atoms with Crippen LogP contribution in [0.25, 0.3) is 0 Å². The molecule has 1 saturated heterocycles. The van der Waals surface area contributed by atoms with Crippen molar-refractivity contribution in [2.45, 2.75) is 19.9 Å². The fourth-order valence-corrected chi connectivity index (χ4v) is 2.03. The molecule has 1 aromatic carbocycles. The largest absolute Gasteiger partial charge is 0.334 e. The van der Waals surface area contributed by atoms with E-state index in [0.717, 1.165) is 11.0 Å². The first-order chi connectivity index (χ1) is 10.3. The fraction of sp³-hybridized carbons (Fsp3) is 0.286. The van der Waals surface area contributed by atoms with Gasteiger partial charge in [0, 0.05) is 11.7 Å². The highest BCUT2D eigenvalue weighted by atomic mass is 19.1. The fourth-order valence-electron chi connectivity index (χ4n) is 2.03. The second kappa shape index (κ2) is 5.92. The van der Waals surface area contributed by atoms with Crippen LogP contribution >= 0.6 is 0 Å². The molecule has 0 aromatic heterocycles. The van der Waals surface area contributed by atoms with Crippen molar-refractivity contribution in [2.24, 2.45) is 0 Å². The Balaban J connectivity index is 2.07. The summed E-state index contributed by atoms with van der Waals surface area (Å²) >= 11 is 0. The van der Waals surface area contributed by atoms with Crippen molar-refractivity contribution in [1.29, 1.82) is 0 Å². The van der Waals surface area contributed by atoms with E-state index in [9.17, 15) is 23.6 Å². The third-order valence-electron chi connectivity index (χ3n) is 3.01. The Morgan fingerprint density at radius 3 is 2.45 bits per heavy atom. The normalized spacial score (nSPS) is 15.0. The second-order valence-electron chi connectivity index (χ2n) is 5.00. The minimum Gasteiger partial charge on any atom is -0.324 e. The summed E-state index contributed by atoms with van der Waals surface area (Å²) in [5.41, 5.74) is 0.191. The van der Waals surface area contributed by atoms with E-state index in [2.05, 4.69) is 5.32 Å². The molecule has 0 bridgehead atoms.